The lowest BCUT2D eigenvalue weighted by molar-refractivity contribution is 0.232. The summed E-state index contributed by atoms with van der Waals surface area (Å²) in [7, 11) is -3.25. The number of benzene rings is 1. The molecule has 1 aliphatic rings. The molecule has 1 aromatic rings. The zero-order valence-corrected chi connectivity index (χ0v) is 13.3. The molecule has 0 aliphatic heterocycles. The standard InChI is InChI=1S/C15H24N2O2S/c1-15(2)10-8-12(9-11-15)16-13-6-4-5-7-14(13)17-20(3,18)19/h4-7,12,16-17H,8-11H2,1-3H3. The molecule has 20 heavy (non-hydrogen) atoms. The highest BCUT2D eigenvalue weighted by atomic mass is 32.2. The number of hydrogen-bond acceptors (Lipinski definition) is 3. The van der Waals surface area contributed by atoms with Crippen LogP contribution in [0.3, 0.4) is 0 Å². The van der Waals surface area contributed by atoms with Crippen LogP contribution in [-0.2, 0) is 10.0 Å². The maximum Gasteiger partial charge on any atom is 0.229 e. The largest absolute Gasteiger partial charge is 0.381 e. The maximum absolute atomic E-state index is 11.4. The van der Waals surface area contributed by atoms with Crippen LogP contribution in [0.25, 0.3) is 0 Å². The van der Waals surface area contributed by atoms with Crippen LogP contribution in [0.4, 0.5) is 11.4 Å². The molecule has 5 heteroatoms. The summed E-state index contributed by atoms with van der Waals surface area (Å²) in [6.07, 6.45) is 5.83. The maximum atomic E-state index is 11.4. The highest BCUT2D eigenvalue weighted by molar-refractivity contribution is 7.92. The van der Waals surface area contributed by atoms with E-state index in [2.05, 4.69) is 23.9 Å². The molecular formula is C15H24N2O2S. The summed E-state index contributed by atoms with van der Waals surface area (Å²) in [6, 6.07) is 7.89. The molecule has 4 nitrogen and oxygen atoms in total. The summed E-state index contributed by atoms with van der Waals surface area (Å²) >= 11 is 0. The van der Waals surface area contributed by atoms with Gasteiger partial charge in [-0.2, -0.15) is 0 Å². The van der Waals surface area contributed by atoms with Crippen LogP contribution in [0.1, 0.15) is 39.5 Å². The molecule has 0 radical (unpaired) electrons. The molecule has 0 unspecified atom stereocenters. The molecule has 0 atom stereocenters. The first kappa shape index (κ1) is 15.2. The van der Waals surface area contributed by atoms with Crippen molar-refractivity contribution in [3.05, 3.63) is 24.3 Å². The first-order valence-corrected chi connectivity index (χ1v) is 8.98. The highest BCUT2D eigenvalue weighted by Crippen LogP contribution is 2.36. The van der Waals surface area contributed by atoms with Crippen molar-refractivity contribution < 1.29 is 8.42 Å². The molecule has 0 saturated heterocycles. The highest BCUT2D eigenvalue weighted by Gasteiger charge is 2.27. The SMILES string of the molecule is CC1(C)CCC(Nc2ccccc2NS(C)(=O)=O)CC1. The van der Waals surface area contributed by atoms with E-state index in [1.807, 2.05) is 18.2 Å². The first-order valence-electron chi connectivity index (χ1n) is 7.09. The van der Waals surface area contributed by atoms with Gasteiger partial charge >= 0.3 is 0 Å². The van der Waals surface area contributed by atoms with Gasteiger partial charge in [-0.05, 0) is 43.2 Å². The van der Waals surface area contributed by atoms with Crippen LogP contribution in [0.15, 0.2) is 24.3 Å². The average Bonchev–Trinajstić information content (AvgIpc) is 2.32. The Morgan fingerprint density at radius 3 is 2.20 bits per heavy atom. The van der Waals surface area contributed by atoms with E-state index in [-0.39, 0.29) is 0 Å². The van der Waals surface area contributed by atoms with Crippen molar-refractivity contribution >= 4 is 21.4 Å². The number of anilines is 2. The number of para-hydroxylation sites is 2. The van der Waals surface area contributed by atoms with E-state index < -0.39 is 10.0 Å². The third-order valence-electron chi connectivity index (χ3n) is 3.92. The van der Waals surface area contributed by atoms with Gasteiger partial charge in [-0.1, -0.05) is 26.0 Å². The fraction of sp³-hybridized carbons (Fsp3) is 0.600. The van der Waals surface area contributed by atoms with Gasteiger partial charge in [-0.3, -0.25) is 4.72 Å². The van der Waals surface area contributed by atoms with Crippen LogP contribution in [-0.4, -0.2) is 20.7 Å². The molecule has 1 fully saturated rings. The molecule has 0 spiro atoms. The molecule has 112 valence electrons. The predicted molar refractivity (Wildman–Crippen MR) is 84.6 cm³/mol. The number of nitrogens with one attached hydrogen (secondary N) is 2. The second kappa shape index (κ2) is 5.64. The molecule has 0 bridgehead atoms. The fourth-order valence-corrected chi connectivity index (χ4v) is 3.24. The minimum Gasteiger partial charge on any atom is -0.381 e. The summed E-state index contributed by atoms with van der Waals surface area (Å²) in [6.45, 7) is 4.62. The van der Waals surface area contributed by atoms with Crippen LogP contribution in [0.5, 0.6) is 0 Å². The van der Waals surface area contributed by atoms with Crippen molar-refractivity contribution in [2.24, 2.45) is 5.41 Å². The molecule has 1 aliphatic carbocycles. The monoisotopic (exact) mass is 296 g/mol. The van der Waals surface area contributed by atoms with E-state index in [0.29, 0.717) is 17.1 Å². The third kappa shape index (κ3) is 4.40. The Labute approximate surface area is 122 Å². The molecule has 1 aromatic carbocycles. The molecule has 0 heterocycles. The van der Waals surface area contributed by atoms with Crippen molar-refractivity contribution in [2.75, 3.05) is 16.3 Å². The minimum atomic E-state index is -3.25. The number of hydrogen-bond donors (Lipinski definition) is 2. The van der Waals surface area contributed by atoms with E-state index in [1.165, 1.54) is 19.1 Å². The smallest absolute Gasteiger partial charge is 0.229 e. The zero-order chi connectivity index (χ0) is 14.8. The predicted octanol–water partition coefficient (Wildman–Crippen LogP) is 3.44. The summed E-state index contributed by atoms with van der Waals surface area (Å²) in [5.41, 5.74) is 1.92. The summed E-state index contributed by atoms with van der Waals surface area (Å²) in [4.78, 5) is 0. The van der Waals surface area contributed by atoms with E-state index in [1.54, 1.807) is 6.07 Å². The van der Waals surface area contributed by atoms with E-state index in [4.69, 9.17) is 0 Å². The lowest BCUT2D eigenvalue weighted by atomic mass is 9.75. The fourth-order valence-electron chi connectivity index (χ4n) is 2.66. The molecule has 1 saturated carbocycles. The van der Waals surface area contributed by atoms with Gasteiger partial charge in [0.1, 0.15) is 0 Å². The van der Waals surface area contributed by atoms with Crippen LogP contribution < -0.4 is 10.0 Å². The minimum absolute atomic E-state index is 0.422. The molecule has 0 aromatic heterocycles. The Kier molecular flexibility index (Phi) is 4.28. The molecule has 0 amide bonds. The normalized spacial score (nSPS) is 19.6. The van der Waals surface area contributed by atoms with E-state index in [9.17, 15) is 8.42 Å². The van der Waals surface area contributed by atoms with Gasteiger partial charge < -0.3 is 5.32 Å². The molecular weight excluding hydrogens is 272 g/mol. The Bertz CT molecular complexity index is 557. The van der Waals surface area contributed by atoms with Crippen molar-refractivity contribution in [1.82, 2.24) is 0 Å². The van der Waals surface area contributed by atoms with Gasteiger partial charge in [-0.25, -0.2) is 8.42 Å². The van der Waals surface area contributed by atoms with Gasteiger partial charge in [0.25, 0.3) is 0 Å². The number of sulfonamides is 1. The lowest BCUT2D eigenvalue weighted by Crippen LogP contribution is -2.30. The number of rotatable bonds is 4. The van der Waals surface area contributed by atoms with Crippen LogP contribution in [0, 0.1) is 5.41 Å². The van der Waals surface area contributed by atoms with Crippen molar-refractivity contribution in [3.8, 4) is 0 Å². The van der Waals surface area contributed by atoms with Crippen LogP contribution >= 0.6 is 0 Å². The van der Waals surface area contributed by atoms with E-state index in [0.717, 1.165) is 18.5 Å². The topological polar surface area (TPSA) is 58.2 Å². The Balaban J connectivity index is 2.07. The summed E-state index contributed by atoms with van der Waals surface area (Å²) < 4.78 is 25.3. The van der Waals surface area contributed by atoms with Crippen molar-refractivity contribution in [1.29, 1.82) is 0 Å². The second-order valence-electron chi connectivity index (χ2n) is 6.50. The first-order chi connectivity index (χ1) is 9.25. The third-order valence-corrected chi connectivity index (χ3v) is 4.51. The van der Waals surface area contributed by atoms with Gasteiger partial charge in [0.05, 0.1) is 17.6 Å². The van der Waals surface area contributed by atoms with Gasteiger partial charge in [0.2, 0.25) is 10.0 Å². The Hall–Kier alpha value is -1.23. The lowest BCUT2D eigenvalue weighted by Gasteiger charge is -2.35. The zero-order valence-electron chi connectivity index (χ0n) is 12.4. The molecule has 2 N–H and O–H groups in total. The van der Waals surface area contributed by atoms with Crippen LogP contribution in [0.2, 0.25) is 0 Å². The van der Waals surface area contributed by atoms with E-state index >= 15 is 0 Å². The Morgan fingerprint density at radius 2 is 1.65 bits per heavy atom. The van der Waals surface area contributed by atoms with Crippen molar-refractivity contribution in [3.63, 3.8) is 0 Å². The Morgan fingerprint density at radius 1 is 1.10 bits per heavy atom. The van der Waals surface area contributed by atoms with Crippen molar-refractivity contribution in [2.45, 2.75) is 45.6 Å². The quantitative estimate of drug-likeness (QED) is 0.895. The summed E-state index contributed by atoms with van der Waals surface area (Å²) in [5, 5.41) is 3.48. The second-order valence-corrected chi connectivity index (χ2v) is 8.25. The van der Waals surface area contributed by atoms with Gasteiger partial charge in [0.15, 0.2) is 0 Å². The average molecular weight is 296 g/mol. The summed E-state index contributed by atoms with van der Waals surface area (Å²) in [5.74, 6) is 0. The van der Waals surface area contributed by atoms with Gasteiger partial charge in [0, 0.05) is 6.04 Å². The van der Waals surface area contributed by atoms with Gasteiger partial charge in [-0.15, -0.1) is 0 Å². The molecule has 2 rings (SSSR count).